The number of esters is 2. The third-order valence-corrected chi connectivity index (χ3v) is 6.53. The number of nitrogens with one attached hydrogen (secondary N) is 1. The summed E-state index contributed by atoms with van der Waals surface area (Å²) in [6, 6.07) is 7.69. The average Bonchev–Trinajstić information content (AvgIpc) is 3.09. The van der Waals surface area contributed by atoms with Crippen molar-refractivity contribution in [2.75, 3.05) is 57.2 Å². The zero-order valence-corrected chi connectivity index (χ0v) is 19.1. The van der Waals surface area contributed by atoms with Crippen LogP contribution < -0.4 is 10.2 Å². The standard InChI is InChI=1S/C21H24ClN3O5S/c1-13-17(20(27)29-2)19(31-18(13)21(28)30-3)23-16(26)12-24-8-10-25(11-9-24)15-6-4-14(22)5-7-15/h4-7H,8-12H2,1-3H3,(H,23,26). The van der Waals surface area contributed by atoms with E-state index in [1.54, 1.807) is 6.92 Å². The van der Waals surface area contributed by atoms with Crippen molar-refractivity contribution in [3.05, 3.63) is 45.3 Å². The Labute approximate surface area is 189 Å². The average molecular weight is 466 g/mol. The Hall–Kier alpha value is -2.62. The molecule has 1 saturated heterocycles. The molecule has 1 fully saturated rings. The van der Waals surface area contributed by atoms with Crippen LogP contribution >= 0.6 is 22.9 Å². The molecule has 10 heteroatoms. The van der Waals surface area contributed by atoms with Crippen molar-refractivity contribution in [2.45, 2.75) is 6.92 Å². The largest absolute Gasteiger partial charge is 0.465 e. The maximum absolute atomic E-state index is 12.7. The lowest BCUT2D eigenvalue weighted by Gasteiger charge is -2.35. The number of carbonyl (C=O) groups excluding carboxylic acids is 3. The fourth-order valence-electron chi connectivity index (χ4n) is 3.42. The van der Waals surface area contributed by atoms with E-state index in [-0.39, 0.29) is 27.9 Å². The van der Waals surface area contributed by atoms with Gasteiger partial charge >= 0.3 is 11.9 Å². The summed E-state index contributed by atoms with van der Waals surface area (Å²) in [6.07, 6.45) is 0. The van der Waals surface area contributed by atoms with Crippen LogP contribution in [0.2, 0.25) is 5.02 Å². The smallest absolute Gasteiger partial charge is 0.348 e. The van der Waals surface area contributed by atoms with Gasteiger partial charge in [-0.25, -0.2) is 9.59 Å². The normalized spacial score (nSPS) is 14.3. The second-order valence-corrected chi connectivity index (χ2v) is 8.49. The van der Waals surface area contributed by atoms with Gasteiger partial charge < -0.3 is 19.7 Å². The van der Waals surface area contributed by atoms with E-state index in [0.717, 1.165) is 43.2 Å². The predicted octanol–water partition coefficient (Wildman–Crippen LogP) is 3.04. The first-order valence-corrected chi connectivity index (χ1v) is 10.9. The number of amides is 1. The van der Waals surface area contributed by atoms with Crippen LogP contribution in [-0.4, -0.2) is 69.7 Å². The van der Waals surface area contributed by atoms with Crippen LogP contribution in [-0.2, 0) is 14.3 Å². The number of hydrogen-bond donors (Lipinski definition) is 1. The van der Waals surface area contributed by atoms with Crippen LogP contribution in [0.5, 0.6) is 0 Å². The van der Waals surface area contributed by atoms with E-state index in [2.05, 4.69) is 10.2 Å². The van der Waals surface area contributed by atoms with Crippen LogP contribution in [0, 0.1) is 6.92 Å². The highest BCUT2D eigenvalue weighted by Crippen LogP contribution is 2.34. The first-order valence-electron chi connectivity index (χ1n) is 9.66. The van der Waals surface area contributed by atoms with Gasteiger partial charge in [-0.15, -0.1) is 11.3 Å². The van der Waals surface area contributed by atoms with Crippen LogP contribution in [0.3, 0.4) is 0 Å². The molecule has 1 amide bonds. The first kappa shape index (κ1) is 23.1. The van der Waals surface area contributed by atoms with Gasteiger partial charge in [0, 0.05) is 36.9 Å². The van der Waals surface area contributed by atoms with E-state index >= 15 is 0 Å². The van der Waals surface area contributed by atoms with Crippen LogP contribution in [0.1, 0.15) is 25.6 Å². The Morgan fingerprint density at radius 2 is 1.65 bits per heavy atom. The number of anilines is 2. The van der Waals surface area contributed by atoms with Gasteiger partial charge in [0.2, 0.25) is 5.91 Å². The molecular weight excluding hydrogens is 442 g/mol. The van der Waals surface area contributed by atoms with E-state index in [4.69, 9.17) is 21.1 Å². The number of thiophene rings is 1. The molecule has 1 N–H and O–H groups in total. The van der Waals surface area contributed by atoms with Gasteiger partial charge in [0.05, 0.1) is 26.3 Å². The zero-order chi connectivity index (χ0) is 22.5. The highest BCUT2D eigenvalue weighted by atomic mass is 35.5. The minimum absolute atomic E-state index is 0.175. The number of ether oxygens (including phenoxy) is 2. The quantitative estimate of drug-likeness (QED) is 0.656. The summed E-state index contributed by atoms with van der Waals surface area (Å²) >= 11 is 6.96. The molecule has 1 aliphatic heterocycles. The van der Waals surface area contributed by atoms with E-state index in [1.165, 1.54) is 14.2 Å². The molecule has 1 aromatic heterocycles. The number of carbonyl (C=O) groups is 3. The minimum Gasteiger partial charge on any atom is -0.465 e. The van der Waals surface area contributed by atoms with E-state index < -0.39 is 11.9 Å². The maximum Gasteiger partial charge on any atom is 0.348 e. The molecule has 2 aromatic rings. The Morgan fingerprint density at radius 1 is 1.03 bits per heavy atom. The molecule has 1 aliphatic rings. The Kier molecular flexibility index (Phi) is 7.53. The molecule has 3 rings (SSSR count). The predicted molar refractivity (Wildman–Crippen MR) is 120 cm³/mol. The molecular formula is C21H24ClN3O5S. The summed E-state index contributed by atoms with van der Waals surface area (Å²) in [5, 5.41) is 3.75. The van der Waals surface area contributed by atoms with Crippen molar-refractivity contribution in [1.29, 1.82) is 0 Å². The lowest BCUT2D eigenvalue weighted by atomic mass is 10.1. The molecule has 0 atom stereocenters. The van der Waals surface area contributed by atoms with Crippen molar-refractivity contribution in [2.24, 2.45) is 0 Å². The Balaban J connectivity index is 1.63. The molecule has 0 spiro atoms. The number of rotatable bonds is 6. The van der Waals surface area contributed by atoms with E-state index in [9.17, 15) is 14.4 Å². The summed E-state index contributed by atoms with van der Waals surface area (Å²) in [5.74, 6) is -1.44. The third kappa shape index (κ3) is 5.36. The van der Waals surface area contributed by atoms with Gasteiger partial charge in [0.15, 0.2) is 0 Å². The summed E-state index contributed by atoms with van der Waals surface area (Å²) in [5.41, 5.74) is 1.70. The molecule has 0 saturated carbocycles. The molecule has 166 valence electrons. The van der Waals surface area contributed by atoms with Gasteiger partial charge in [-0.2, -0.15) is 0 Å². The summed E-state index contributed by atoms with van der Waals surface area (Å²) in [4.78, 5) is 41.4. The summed E-state index contributed by atoms with van der Waals surface area (Å²) < 4.78 is 9.58. The first-order chi connectivity index (χ1) is 14.8. The highest BCUT2D eigenvalue weighted by molar-refractivity contribution is 7.18. The third-order valence-electron chi connectivity index (χ3n) is 5.09. The van der Waals surface area contributed by atoms with Crippen LogP contribution in [0.15, 0.2) is 24.3 Å². The molecule has 31 heavy (non-hydrogen) atoms. The number of nitrogens with zero attached hydrogens (tertiary/aromatic N) is 2. The fourth-order valence-corrected chi connectivity index (χ4v) is 4.68. The number of benzene rings is 1. The SMILES string of the molecule is COC(=O)c1sc(NC(=O)CN2CCN(c3ccc(Cl)cc3)CC2)c(C(=O)OC)c1C. The zero-order valence-electron chi connectivity index (χ0n) is 17.6. The lowest BCUT2D eigenvalue weighted by molar-refractivity contribution is -0.117. The lowest BCUT2D eigenvalue weighted by Crippen LogP contribution is -2.48. The van der Waals surface area contributed by atoms with Gasteiger partial charge in [0.25, 0.3) is 0 Å². The maximum atomic E-state index is 12.7. The summed E-state index contributed by atoms with van der Waals surface area (Å²) in [6.45, 7) is 4.81. The van der Waals surface area contributed by atoms with Crippen molar-refractivity contribution >= 4 is 51.5 Å². The van der Waals surface area contributed by atoms with Gasteiger partial charge in [0.1, 0.15) is 9.88 Å². The fraction of sp³-hybridized carbons (Fsp3) is 0.381. The molecule has 2 heterocycles. The monoisotopic (exact) mass is 465 g/mol. The van der Waals surface area contributed by atoms with Crippen LogP contribution in [0.4, 0.5) is 10.7 Å². The molecule has 0 unspecified atom stereocenters. The summed E-state index contributed by atoms with van der Waals surface area (Å²) in [7, 11) is 2.52. The van der Waals surface area contributed by atoms with E-state index in [0.29, 0.717) is 10.6 Å². The van der Waals surface area contributed by atoms with E-state index in [1.807, 2.05) is 29.2 Å². The molecule has 0 radical (unpaired) electrons. The number of piperazine rings is 1. The minimum atomic E-state index is -0.615. The van der Waals surface area contributed by atoms with Gasteiger partial charge in [-0.1, -0.05) is 11.6 Å². The molecule has 0 aliphatic carbocycles. The molecule has 8 nitrogen and oxygen atoms in total. The number of halogens is 1. The second kappa shape index (κ2) is 10.1. The van der Waals surface area contributed by atoms with Gasteiger partial charge in [-0.05, 0) is 36.8 Å². The van der Waals surface area contributed by atoms with Crippen molar-refractivity contribution in [3.63, 3.8) is 0 Å². The van der Waals surface area contributed by atoms with Gasteiger partial charge in [-0.3, -0.25) is 9.69 Å². The van der Waals surface area contributed by atoms with Crippen molar-refractivity contribution in [3.8, 4) is 0 Å². The second-order valence-electron chi connectivity index (χ2n) is 7.03. The Morgan fingerprint density at radius 3 is 2.23 bits per heavy atom. The van der Waals surface area contributed by atoms with Crippen LogP contribution in [0.25, 0.3) is 0 Å². The molecule has 0 bridgehead atoms. The Bertz CT molecular complexity index is 968. The topological polar surface area (TPSA) is 88.2 Å². The number of methoxy groups -OCH3 is 2. The highest BCUT2D eigenvalue weighted by Gasteiger charge is 2.27. The van der Waals surface area contributed by atoms with Crippen molar-refractivity contribution < 1.29 is 23.9 Å². The number of hydrogen-bond acceptors (Lipinski definition) is 8. The van der Waals surface area contributed by atoms with Crippen molar-refractivity contribution in [1.82, 2.24) is 4.90 Å². The molecule has 1 aromatic carbocycles.